The van der Waals surface area contributed by atoms with Crippen LogP contribution in [0.15, 0.2) is 54.9 Å². The number of aromatic amines is 1. The van der Waals surface area contributed by atoms with Crippen molar-refractivity contribution < 1.29 is 9.18 Å². The highest BCUT2D eigenvalue weighted by Gasteiger charge is 2.17. The molecular weight excluding hydrogens is 311 g/mol. The number of ketones is 1. The lowest BCUT2D eigenvalue weighted by Crippen LogP contribution is -2.12. The maximum atomic E-state index is 13.4. The number of nitrogens with zero attached hydrogens (tertiary/aromatic N) is 4. The first-order valence-electron chi connectivity index (χ1n) is 7.13. The normalized spacial score (nSPS) is 10.9. The molecule has 0 aliphatic carbocycles. The van der Waals surface area contributed by atoms with Gasteiger partial charge in [-0.3, -0.25) is 9.89 Å². The summed E-state index contributed by atoms with van der Waals surface area (Å²) in [6, 6.07) is 10.8. The van der Waals surface area contributed by atoms with Gasteiger partial charge in [0.05, 0.1) is 0 Å². The van der Waals surface area contributed by atoms with E-state index >= 15 is 0 Å². The fourth-order valence-electron chi connectivity index (χ4n) is 2.33. The third-order valence-corrected chi connectivity index (χ3v) is 3.43. The fraction of sp³-hybridized carbons (Fsp3) is 0. The van der Waals surface area contributed by atoms with Gasteiger partial charge >= 0.3 is 0 Å². The third kappa shape index (κ3) is 2.50. The van der Waals surface area contributed by atoms with Crippen LogP contribution < -0.4 is 5.32 Å². The van der Waals surface area contributed by atoms with Gasteiger partial charge < -0.3 is 5.32 Å². The number of fused-ring (bicyclic) bond motifs is 1. The SMILES string of the molecule is O=C(c1cccc(F)c1)c1nc(Nc2cc[nH]n2)c2cccn2n1. The fourth-order valence-corrected chi connectivity index (χ4v) is 2.33. The smallest absolute Gasteiger partial charge is 0.232 e. The van der Waals surface area contributed by atoms with Crippen molar-refractivity contribution in [1.82, 2.24) is 24.8 Å². The van der Waals surface area contributed by atoms with Gasteiger partial charge in [0.1, 0.15) is 11.3 Å². The Bertz CT molecular complexity index is 1020. The Morgan fingerprint density at radius 3 is 2.92 bits per heavy atom. The summed E-state index contributed by atoms with van der Waals surface area (Å²) in [6.07, 6.45) is 3.37. The lowest BCUT2D eigenvalue weighted by Gasteiger charge is -2.07. The minimum Gasteiger partial charge on any atom is -0.322 e. The molecule has 0 saturated heterocycles. The number of hydrogen-bond acceptors (Lipinski definition) is 5. The predicted molar refractivity (Wildman–Crippen MR) is 84.7 cm³/mol. The highest BCUT2D eigenvalue weighted by atomic mass is 19.1. The van der Waals surface area contributed by atoms with Crippen molar-refractivity contribution >= 4 is 22.9 Å². The molecule has 3 heterocycles. The van der Waals surface area contributed by atoms with Crippen molar-refractivity contribution in [3.63, 3.8) is 0 Å². The molecule has 0 aliphatic rings. The molecule has 8 heteroatoms. The van der Waals surface area contributed by atoms with Gasteiger partial charge in [-0.1, -0.05) is 12.1 Å². The number of hydrogen-bond donors (Lipinski definition) is 2. The van der Waals surface area contributed by atoms with E-state index in [4.69, 9.17) is 0 Å². The molecule has 0 atom stereocenters. The van der Waals surface area contributed by atoms with Crippen LogP contribution >= 0.6 is 0 Å². The van der Waals surface area contributed by atoms with E-state index < -0.39 is 11.6 Å². The summed E-state index contributed by atoms with van der Waals surface area (Å²) in [5.41, 5.74) is 0.876. The van der Waals surface area contributed by atoms with Crippen LogP contribution in [0.3, 0.4) is 0 Å². The van der Waals surface area contributed by atoms with E-state index in [1.54, 1.807) is 24.5 Å². The first-order chi connectivity index (χ1) is 11.7. The van der Waals surface area contributed by atoms with Crippen LogP contribution in [0.25, 0.3) is 5.52 Å². The summed E-state index contributed by atoms with van der Waals surface area (Å²) in [7, 11) is 0. The molecule has 0 unspecified atom stereocenters. The molecule has 0 saturated carbocycles. The predicted octanol–water partition coefficient (Wildman–Crippen LogP) is 2.57. The molecule has 0 fully saturated rings. The quantitative estimate of drug-likeness (QED) is 0.564. The highest BCUT2D eigenvalue weighted by molar-refractivity contribution is 6.06. The largest absolute Gasteiger partial charge is 0.322 e. The Hall–Kier alpha value is -3.55. The molecule has 0 bridgehead atoms. The topological polar surface area (TPSA) is 88.0 Å². The summed E-state index contributed by atoms with van der Waals surface area (Å²) in [5.74, 6) is -0.00177. The summed E-state index contributed by atoms with van der Waals surface area (Å²) in [6.45, 7) is 0. The van der Waals surface area contributed by atoms with Crippen molar-refractivity contribution in [2.45, 2.75) is 0 Å². The van der Waals surface area contributed by atoms with Crippen LogP contribution in [0.2, 0.25) is 0 Å². The van der Waals surface area contributed by atoms with Crippen molar-refractivity contribution in [2.75, 3.05) is 5.32 Å². The number of rotatable bonds is 4. The number of carbonyl (C=O) groups excluding carboxylic acids is 1. The Labute approximate surface area is 135 Å². The first-order valence-corrected chi connectivity index (χ1v) is 7.13. The molecule has 4 rings (SSSR count). The van der Waals surface area contributed by atoms with Crippen LogP contribution in [0.5, 0.6) is 0 Å². The van der Waals surface area contributed by atoms with E-state index in [0.717, 1.165) is 6.07 Å². The summed E-state index contributed by atoms with van der Waals surface area (Å²) in [5, 5.41) is 13.9. The standard InChI is InChI=1S/C16H11FN6O/c17-11-4-1-3-10(9-11)14(24)16-20-15(19-13-6-7-18-21-13)12-5-2-8-23(12)22-16/h1-9H,(H2,18,19,20,21,22). The molecule has 24 heavy (non-hydrogen) atoms. The second kappa shape index (κ2) is 5.58. The van der Waals surface area contributed by atoms with Gasteiger partial charge in [0.2, 0.25) is 11.6 Å². The molecule has 118 valence electrons. The average Bonchev–Trinajstić information content (AvgIpc) is 3.25. The van der Waals surface area contributed by atoms with Gasteiger partial charge in [-0.05, 0) is 24.3 Å². The minimum atomic E-state index is -0.488. The second-order valence-corrected chi connectivity index (χ2v) is 5.05. The number of halogens is 1. The Morgan fingerprint density at radius 2 is 2.12 bits per heavy atom. The zero-order chi connectivity index (χ0) is 16.5. The molecule has 0 aliphatic heterocycles. The Balaban J connectivity index is 1.80. The van der Waals surface area contributed by atoms with Crippen LogP contribution in [0, 0.1) is 5.82 Å². The van der Waals surface area contributed by atoms with Crippen LogP contribution in [-0.4, -0.2) is 30.6 Å². The van der Waals surface area contributed by atoms with E-state index in [-0.39, 0.29) is 11.4 Å². The van der Waals surface area contributed by atoms with Gasteiger partial charge in [-0.25, -0.2) is 13.9 Å². The molecule has 4 aromatic rings. The maximum absolute atomic E-state index is 13.4. The second-order valence-electron chi connectivity index (χ2n) is 5.05. The number of anilines is 2. The summed E-state index contributed by atoms with van der Waals surface area (Å²) in [4.78, 5) is 16.8. The van der Waals surface area contributed by atoms with E-state index in [1.807, 2.05) is 6.07 Å². The van der Waals surface area contributed by atoms with E-state index in [2.05, 4.69) is 25.6 Å². The zero-order valence-corrected chi connectivity index (χ0v) is 12.3. The number of benzene rings is 1. The van der Waals surface area contributed by atoms with Crippen LogP contribution in [-0.2, 0) is 0 Å². The van der Waals surface area contributed by atoms with Crippen molar-refractivity contribution in [3.05, 3.63) is 72.1 Å². The molecule has 0 amide bonds. The van der Waals surface area contributed by atoms with Crippen LogP contribution in [0.1, 0.15) is 16.2 Å². The number of nitrogens with one attached hydrogen (secondary N) is 2. The van der Waals surface area contributed by atoms with E-state index in [1.165, 1.54) is 22.7 Å². The third-order valence-electron chi connectivity index (χ3n) is 3.43. The van der Waals surface area contributed by atoms with Gasteiger partial charge in [0, 0.05) is 24.0 Å². The lowest BCUT2D eigenvalue weighted by atomic mass is 10.1. The van der Waals surface area contributed by atoms with E-state index in [0.29, 0.717) is 17.2 Å². The van der Waals surface area contributed by atoms with Gasteiger partial charge in [-0.2, -0.15) is 5.10 Å². The molecule has 2 N–H and O–H groups in total. The Kier molecular flexibility index (Phi) is 3.27. The zero-order valence-electron chi connectivity index (χ0n) is 12.3. The molecule has 0 spiro atoms. The first kappa shape index (κ1) is 14.1. The van der Waals surface area contributed by atoms with Gasteiger partial charge in [0.25, 0.3) is 0 Å². The molecular formula is C16H11FN6O. The van der Waals surface area contributed by atoms with Gasteiger partial charge in [-0.15, -0.1) is 5.10 Å². The van der Waals surface area contributed by atoms with Crippen molar-refractivity contribution in [1.29, 1.82) is 0 Å². The Morgan fingerprint density at radius 1 is 1.21 bits per heavy atom. The molecule has 1 aromatic carbocycles. The monoisotopic (exact) mass is 322 g/mol. The number of H-pyrrole nitrogens is 1. The van der Waals surface area contributed by atoms with E-state index in [9.17, 15) is 9.18 Å². The number of aromatic nitrogens is 5. The van der Waals surface area contributed by atoms with Crippen molar-refractivity contribution in [2.24, 2.45) is 0 Å². The number of carbonyl (C=O) groups is 1. The van der Waals surface area contributed by atoms with Crippen LogP contribution in [0.4, 0.5) is 16.0 Å². The molecule has 3 aromatic heterocycles. The molecule has 7 nitrogen and oxygen atoms in total. The average molecular weight is 322 g/mol. The summed E-state index contributed by atoms with van der Waals surface area (Å²) >= 11 is 0. The van der Waals surface area contributed by atoms with Gasteiger partial charge in [0.15, 0.2) is 11.6 Å². The lowest BCUT2D eigenvalue weighted by molar-refractivity contribution is 0.102. The van der Waals surface area contributed by atoms with Crippen molar-refractivity contribution in [3.8, 4) is 0 Å². The summed E-state index contributed by atoms with van der Waals surface area (Å²) < 4.78 is 14.9. The maximum Gasteiger partial charge on any atom is 0.232 e. The minimum absolute atomic E-state index is 0.0395. The highest BCUT2D eigenvalue weighted by Crippen LogP contribution is 2.19. The molecule has 0 radical (unpaired) electrons.